The van der Waals surface area contributed by atoms with E-state index in [1.54, 1.807) is 0 Å². The second-order valence-electron chi connectivity index (χ2n) is 12.6. The summed E-state index contributed by atoms with van der Waals surface area (Å²) in [6, 6.07) is 42.1. The van der Waals surface area contributed by atoms with Gasteiger partial charge in [0.15, 0.2) is 17.5 Å². The van der Waals surface area contributed by atoms with Crippen molar-refractivity contribution in [1.82, 2.24) is 19.5 Å². The predicted octanol–water partition coefficient (Wildman–Crippen LogP) is 10.5. The molecule has 8 rings (SSSR count). The lowest BCUT2D eigenvalue weighted by Gasteiger charge is -2.30. The Kier molecular flexibility index (Phi) is 6.99. The molecule has 2 heterocycles. The summed E-state index contributed by atoms with van der Waals surface area (Å²) < 4.78 is 2.38. The predicted molar refractivity (Wildman–Crippen MR) is 195 cm³/mol. The minimum atomic E-state index is -0.248. The molecule has 7 aromatic rings. The monoisotopic (exact) mass is 606 g/mol. The van der Waals surface area contributed by atoms with Crippen molar-refractivity contribution in [3.05, 3.63) is 169 Å². The van der Waals surface area contributed by atoms with Crippen LogP contribution in [0.15, 0.2) is 158 Å². The summed E-state index contributed by atoms with van der Waals surface area (Å²) in [6.07, 6.45) is 9.50. The zero-order valence-corrected chi connectivity index (χ0v) is 26.6. The summed E-state index contributed by atoms with van der Waals surface area (Å²) in [4.78, 5) is 14.7. The van der Waals surface area contributed by atoms with Gasteiger partial charge >= 0.3 is 0 Å². The maximum Gasteiger partial charge on any atom is 0.164 e. The van der Waals surface area contributed by atoms with Crippen LogP contribution in [-0.2, 0) is 11.8 Å². The molecule has 4 heteroatoms. The first-order valence-corrected chi connectivity index (χ1v) is 16.0. The van der Waals surface area contributed by atoms with Crippen molar-refractivity contribution < 1.29 is 0 Å². The van der Waals surface area contributed by atoms with Gasteiger partial charge in [-0.3, -0.25) is 0 Å². The zero-order chi connectivity index (χ0) is 32.0. The average molecular weight is 607 g/mol. The summed E-state index contributed by atoms with van der Waals surface area (Å²) in [6.45, 7) is 9.10. The number of aromatic nitrogens is 4. The molecule has 2 aromatic heterocycles. The van der Waals surface area contributed by atoms with Crippen LogP contribution in [0.5, 0.6) is 0 Å². The first-order chi connectivity index (χ1) is 23.0. The van der Waals surface area contributed by atoms with E-state index in [2.05, 4.69) is 110 Å². The van der Waals surface area contributed by atoms with Crippen LogP contribution in [0.1, 0.15) is 25.0 Å². The van der Waals surface area contributed by atoms with Crippen LogP contribution >= 0.6 is 0 Å². The number of allylic oxidation sites excluding steroid dienone is 5. The molecule has 0 atom stereocenters. The van der Waals surface area contributed by atoms with Crippen LogP contribution in [0.3, 0.4) is 0 Å². The SMILES string of the molecule is C=C1/C=C\C=C/Cc2ccc3c(c2C1(C)C)c1ccccc1n3-c1ccc(-c2nc(-c3ccccc3)nc(-c3ccccc3)n2)cc1. The van der Waals surface area contributed by atoms with Gasteiger partial charge in [-0.05, 0) is 59.5 Å². The third-order valence-electron chi connectivity index (χ3n) is 9.32. The van der Waals surface area contributed by atoms with Gasteiger partial charge in [0.25, 0.3) is 0 Å². The molecule has 0 bridgehead atoms. The molecule has 0 radical (unpaired) electrons. The molecule has 5 aromatic carbocycles. The zero-order valence-electron chi connectivity index (χ0n) is 26.6. The summed E-state index contributed by atoms with van der Waals surface area (Å²) >= 11 is 0. The molecule has 226 valence electrons. The standard InChI is InChI=1S/C43H34N4/c1-29-15-7-4-8-16-30-25-28-37-38(39(30)43(29,2)3)35-21-13-14-22-36(35)47(37)34-26-23-33(24-27-34)42-45-40(31-17-9-5-10-18-31)44-41(46-42)32-19-11-6-12-20-32/h4-15,17-28H,1,16H2,2-3H3/b8-4-,15-7-. The molecule has 0 amide bonds. The normalized spacial score (nSPS) is 15.5. The molecule has 0 saturated heterocycles. The quantitative estimate of drug-likeness (QED) is 0.200. The van der Waals surface area contributed by atoms with Crippen molar-refractivity contribution in [1.29, 1.82) is 0 Å². The van der Waals surface area contributed by atoms with E-state index >= 15 is 0 Å². The molecular weight excluding hydrogens is 573 g/mol. The lowest BCUT2D eigenvalue weighted by Crippen LogP contribution is -2.21. The number of benzene rings is 5. The number of hydrogen-bond donors (Lipinski definition) is 0. The third kappa shape index (κ3) is 4.99. The molecular formula is C43H34N4. The molecule has 0 N–H and O–H groups in total. The highest BCUT2D eigenvalue weighted by molar-refractivity contribution is 6.12. The van der Waals surface area contributed by atoms with Crippen LogP contribution < -0.4 is 0 Å². The summed E-state index contributed by atoms with van der Waals surface area (Å²) in [5.74, 6) is 1.95. The number of rotatable bonds is 4. The van der Waals surface area contributed by atoms with Crippen LogP contribution in [0, 0.1) is 0 Å². The Balaban J connectivity index is 1.29. The smallest absolute Gasteiger partial charge is 0.164 e. The van der Waals surface area contributed by atoms with Crippen molar-refractivity contribution in [2.45, 2.75) is 25.7 Å². The first-order valence-electron chi connectivity index (χ1n) is 16.0. The Bertz CT molecular complexity index is 2280. The van der Waals surface area contributed by atoms with Gasteiger partial charge in [-0.2, -0.15) is 0 Å². The van der Waals surface area contributed by atoms with Gasteiger partial charge in [-0.1, -0.05) is 130 Å². The molecule has 47 heavy (non-hydrogen) atoms. The van der Waals surface area contributed by atoms with Crippen molar-refractivity contribution in [3.63, 3.8) is 0 Å². The largest absolute Gasteiger partial charge is 0.309 e. The fourth-order valence-electron chi connectivity index (χ4n) is 6.78. The van der Waals surface area contributed by atoms with Gasteiger partial charge in [0, 0.05) is 38.6 Å². The first kappa shape index (κ1) is 28.6. The number of nitrogens with zero attached hydrogens (tertiary/aromatic N) is 4. The third-order valence-corrected chi connectivity index (χ3v) is 9.32. The fourth-order valence-corrected chi connectivity index (χ4v) is 6.78. The van der Waals surface area contributed by atoms with Crippen molar-refractivity contribution in [2.24, 2.45) is 0 Å². The highest BCUT2D eigenvalue weighted by Gasteiger charge is 2.30. The maximum atomic E-state index is 4.94. The van der Waals surface area contributed by atoms with E-state index < -0.39 is 0 Å². The van der Waals surface area contributed by atoms with Crippen molar-refractivity contribution >= 4 is 21.8 Å². The van der Waals surface area contributed by atoms with Gasteiger partial charge in [-0.25, -0.2) is 15.0 Å². The summed E-state index contributed by atoms with van der Waals surface area (Å²) in [5, 5.41) is 2.53. The highest BCUT2D eigenvalue weighted by atomic mass is 15.0. The van der Waals surface area contributed by atoms with E-state index in [9.17, 15) is 0 Å². The molecule has 4 nitrogen and oxygen atoms in total. The number of para-hydroxylation sites is 1. The Labute approximate surface area is 275 Å². The number of hydrogen-bond acceptors (Lipinski definition) is 3. The summed E-state index contributed by atoms with van der Waals surface area (Å²) in [7, 11) is 0. The molecule has 1 aliphatic carbocycles. The van der Waals surface area contributed by atoms with Gasteiger partial charge in [-0.15, -0.1) is 0 Å². The van der Waals surface area contributed by atoms with E-state index in [0.29, 0.717) is 17.5 Å². The summed E-state index contributed by atoms with van der Waals surface area (Å²) in [5.41, 5.74) is 9.81. The minimum Gasteiger partial charge on any atom is -0.309 e. The molecule has 0 fully saturated rings. The highest BCUT2D eigenvalue weighted by Crippen LogP contribution is 2.44. The molecule has 0 aliphatic heterocycles. The number of fused-ring (bicyclic) bond motifs is 5. The second kappa shape index (κ2) is 11.5. The van der Waals surface area contributed by atoms with E-state index in [-0.39, 0.29) is 5.41 Å². The van der Waals surface area contributed by atoms with Gasteiger partial charge < -0.3 is 4.57 Å². The lowest BCUT2D eigenvalue weighted by atomic mass is 9.74. The van der Waals surface area contributed by atoms with Crippen LogP contribution in [0.2, 0.25) is 0 Å². The van der Waals surface area contributed by atoms with Gasteiger partial charge in [0.1, 0.15) is 0 Å². The maximum absolute atomic E-state index is 4.94. The minimum absolute atomic E-state index is 0.248. The molecule has 0 spiro atoms. The van der Waals surface area contributed by atoms with Crippen LogP contribution in [0.4, 0.5) is 0 Å². The van der Waals surface area contributed by atoms with Crippen LogP contribution in [0.25, 0.3) is 61.7 Å². The Morgan fingerprint density at radius 1 is 0.596 bits per heavy atom. The van der Waals surface area contributed by atoms with E-state index in [4.69, 9.17) is 15.0 Å². The fraction of sp³-hybridized carbons (Fsp3) is 0.0930. The Morgan fingerprint density at radius 2 is 1.17 bits per heavy atom. The van der Waals surface area contributed by atoms with E-state index in [1.807, 2.05) is 60.7 Å². The van der Waals surface area contributed by atoms with Crippen LogP contribution in [-0.4, -0.2) is 19.5 Å². The molecule has 1 aliphatic rings. The average Bonchev–Trinajstić information content (AvgIpc) is 3.47. The Hall–Kier alpha value is -5.87. The van der Waals surface area contributed by atoms with Crippen molar-refractivity contribution in [2.75, 3.05) is 0 Å². The second-order valence-corrected chi connectivity index (χ2v) is 12.6. The Morgan fingerprint density at radius 3 is 1.81 bits per heavy atom. The van der Waals surface area contributed by atoms with Crippen molar-refractivity contribution in [3.8, 4) is 39.9 Å². The molecule has 0 saturated carbocycles. The van der Waals surface area contributed by atoms with Gasteiger partial charge in [0.2, 0.25) is 0 Å². The topological polar surface area (TPSA) is 43.6 Å². The van der Waals surface area contributed by atoms with Gasteiger partial charge in [0.05, 0.1) is 11.0 Å². The molecule has 0 unspecified atom stereocenters. The lowest BCUT2D eigenvalue weighted by molar-refractivity contribution is 0.642. The van der Waals surface area contributed by atoms with E-state index in [1.165, 1.54) is 32.9 Å². The van der Waals surface area contributed by atoms with E-state index in [0.717, 1.165) is 34.4 Å².